The lowest BCUT2D eigenvalue weighted by Gasteiger charge is -2.30. The van der Waals surface area contributed by atoms with Crippen LogP contribution < -0.4 is 9.64 Å². The maximum atomic E-state index is 11.5. The van der Waals surface area contributed by atoms with Gasteiger partial charge in [-0.15, -0.1) is 0 Å². The van der Waals surface area contributed by atoms with E-state index in [-0.39, 0.29) is 0 Å². The molecule has 0 atom stereocenters. The number of nitrogens with zero attached hydrogens (tertiary/aromatic N) is 1. The molecule has 0 aromatic heterocycles. The van der Waals surface area contributed by atoms with Crippen molar-refractivity contribution < 1.29 is 9.53 Å². The molecular weight excluding hydrogens is 502 g/mol. The first-order valence-corrected chi connectivity index (χ1v) is 13.9. The molecule has 41 heavy (non-hydrogen) atoms. The van der Waals surface area contributed by atoms with Gasteiger partial charge >= 0.3 is 5.97 Å². The van der Waals surface area contributed by atoms with Gasteiger partial charge < -0.3 is 9.64 Å². The Kier molecular flexibility index (Phi) is 6.13. The lowest BCUT2D eigenvalue weighted by atomic mass is 9.81. The van der Waals surface area contributed by atoms with Crippen LogP contribution in [0.25, 0.3) is 27.5 Å². The van der Waals surface area contributed by atoms with E-state index < -0.39 is 5.97 Å². The predicted molar refractivity (Wildman–Crippen MR) is 169 cm³/mol. The molecule has 0 N–H and O–H groups in total. The number of esters is 1. The largest absolute Gasteiger partial charge is 0.423 e. The average molecular weight is 532 g/mol. The molecule has 0 radical (unpaired) electrons. The molecule has 5 aromatic rings. The van der Waals surface area contributed by atoms with Gasteiger partial charge in [0.05, 0.1) is 5.69 Å². The monoisotopic (exact) mass is 531 g/mol. The minimum Gasteiger partial charge on any atom is -0.423 e. The van der Waals surface area contributed by atoms with Crippen molar-refractivity contribution in [2.45, 2.75) is 19.8 Å². The number of aryl methyl sites for hydroxylation is 1. The number of ether oxygens (including phenoxy) is 1. The standard InChI is InChI=1S/C38H29NO2/c1-3-36(40)41-33-21-13-27(14-22-33)26-11-19-32(20-12-26)39(31-17-7-25(2)8-18-31)35-24-16-30-10-9-28-5-4-6-29-15-23-34(35)38(30)37(28)29/h3-5,7-9,11-24H,1,6,10H2,2H3. The molecule has 3 heteroatoms. The number of hydrogen-bond donors (Lipinski definition) is 0. The van der Waals surface area contributed by atoms with Gasteiger partial charge in [0.2, 0.25) is 0 Å². The molecule has 7 rings (SSSR count). The highest BCUT2D eigenvalue weighted by Gasteiger charge is 2.23. The number of anilines is 3. The van der Waals surface area contributed by atoms with Gasteiger partial charge in [0.15, 0.2) is 0 Å². The summed E-state index contributed by atoms with van der Waals surface area (Å²) >= 11 is 0. The van der Waals surface area contributed by atoms with Crippen LogP contribution in [-0.4, -0.2) is 5.97 Å². The third-order valence-electron chi connectivity index (χ3n) is 8.03. The zero-order chi connectivity index (χ0) is 27.9. The fourth-order valence-corrected chi connectivity index (χ4v) is 5.99. The topological polar surface area (TPSA) is 29.5 Å². The van der Waals surface area contributed by atoms with Crippen LogP contribution in [0.4, 0.5) is 17.1 Å². The van der Waals surface area contributed by atoms with Crippen LogP contribution in [0.2, 0.25) is 0 Å². The van der Waals surface area contributed by atoms with Gasteiger partial charge in [0.25, 0.3) is 0 Å². The lowest BCUT2D eigenvalue weighted by molar-refractivity contribution is -0.128. The van der Waals surface area contributed by atoms with E-state index in [1.807, 2.05) is 12.1 Å². The molecule has 0 saturated heterocycles. The SMILES string of the molecule is C=CC(=O)Oc1ccc(-c2ccc(N(c3ccc(C)cc3)c3ccc4c5c6c(ccc35)CC=CC6=CC4)cc2)cc1. The van der Waals surface area contributed by atoms with Crippen molar-refractivity contribution >= 4 is 39.4 Å². The quantitative estimate of drug-likeness (QED) is 0.124. The van der Waals surface area contributed by atoms with Gasteiger partial charge in [-0.1, -0.05) is 85.0 Å². The Labute approximate surface area is 240 Å². The van der Waals surface area contributed by atoms with E-state index in [2.05, 4.69) is 109 Å². The van der Waals surface area contributed by atoms with Crippen molar-refractivity contribution in [2.75, 3.05) is 4.90 Å². The van der Waals surface area contributed by atoms with E-state index in [1.165, 1.54) is 44.3 Å². The maximum Gasteiger partial charge on any atom is 0.335 e. The molecule has 0 bridgehead atoms. The molecule has 2 aliphatic carbocycles. The van der Waals surface area contributed by atoms with Crippen LogP contribution in [0.15, 0.2) is 128 Å². The molecule has 198 valence electrons. The lowest BCUT2D eigenvalue weighted by Crippen LogP contribution is -2.12. The highest BCUT2D eigenvalue weighted by Crippen LogP contribution is 2.45. The summed E-state index contributed by atoms with van der Waals surface area (Å²) in [6, 6.07) is 34.1. The Balaban J connectivity index is 1.32. The average Bonchev–Trinajstić information content (AvgIpc) is 3.02. The van der Waals surface area contributed by atoms with Crippen LogP contribution in [0, 0.1) is 6.92 Å². The molecule has 0 saturated carbocycles. The number of carbonyl (C=O) groups is 1. The summed E-state index contributed by atoms with van der Waals surface area (Å²) in [5.41, 5.74) is 12.3. The summed E-state index contributed by atoms with van der Waals surface area (Å²) < 4.78 is 5.23. The molecule has 0 aliphatic heterocycles. The first-order valence-electron chi connectivity index (χ1n) is 13.9. The third-order valence-corrected chi connectivity index (χ3v) is 8.03. The second-order valence-corrected chi connectivity index (χ2v) is 10.6. The second kappa shape index (κ2) is 10.1. The minimum atomic E-state index is -0.464. The third kappa shape index (κ3) is 4.46. The predicted octanol–water partition coefficient (Wildman–Crippen LogP) is 9.43. The van der Waals surface area contributed by atoms with Gasteiger partial charge in [0.1, 0.15) is 5.75 Å². The highest BCUT2D eigenvalue weighted by molar-refractivity contribution is 6.08. The van der Waals surface area contributed by atoms with Crippen LogP contribution in [0.1, 0.15) is 22.3 Å². The fourth-order valence-electron chi connectivity index (χ4n) is 5.99. The van der Waals surface area contributed by atoms with E-state index in [9.17, 15) is 4.79 Å². The van der Waals surface area contributed by atoms with E-state index in [1.54, 1.807) is 12.1 Å². The normalized spacial score (nSPS) is 13.0. The second-order valence-electron chi connectivity index (χ2n) is 10.6. The van der Waals surface area contributed by atoms with Gasteiger partial charge in [-0.05, 0) is 101 Å². The first-order chi connectivity index (χ1) is 20.1. The molecule has 5 aromatic carbocycles. The Morgan fingerprint density at radius 2 is 1.44 bits per heavy atom. The van der Waals surface area contributed by atoms with Gasteiger partial charge in [-0.2, -0.15) is 0 Å². The van der Waals surface area contributed by atoms with Crippen molar-refractivity contribution in [1.29, 1.82) is 0 Å². The molecule has 0 spiro atoms. The summed E-state index contributed by atoms with van der Waals surface area (Å²) in [5, 5.41) is 2.66. The van der Waals surface area contributed by atoms with Crippen LogP contribution in [0.5, 0.6) is 5.75 Å². The molecule has 0 unspecified atom stereocenters. The molecule has 3 nitrogen and oxygen atoms in total. The number of allylic oxidation sites excluding steroid dienone is 4. The summed E-state index contributed by atoms with van der Waals surface area (Å²) in [6.07, 6.45) is 10.0. The molecule has 0 amide bonds. The first kappa shape index (κ1) is 24.9. The van der Waals surface area contributed by atoms with Crippen molar-refractivity contribution in [3.63, 3.8) is 0 Å². The summed E-state index contributed by atoms with van der Waals surface area (Å²) in [6.45, 7) is 5.58. The number of benzene rings is 5. The Bertz CT molecular complexity index is 1880. The van der Waals surface area contributed by atoms with Gasteiger partial charge in [0, 0.05) is 22.8 Å². The molecule has 2 aliphatic rings. The van der Waals surface area contributed by atoms with E-state index >= 15 is 0 Å². The number of rotatable bonds is 6. The molecule has 0 fully saturated rings. The molecule has 0 heterocycles. The zero-order valence-electron chi connectivity index (χ0n) is 22.9. The van der Waals surface area contributed by atoms with Gasteiger partial charge in [-0.3, -0.25) is 0 Å². The summed E-state index contributed by atoms with van der Waals surface area (Å²) in [4.78, 5) is 13.9. The van der Waals surface area contributed by atoms with Crippen molar-refractivity contribution in [3.8, 4) is 16.9 Å². The highest BCUT2D eigenvalue weighted by atomic mass is 16.5. The van der Waals surface area contributed by atoms with E-state index in [4.69, 9.17) is 4.74 Å². The van der Waals surface area contributed by atoms with E-state index in [0.29, 0.717) is 5.75 Å². The van der Waals surface area contributed by atoms with Gasteiger partial charge in [-0.25, -0.2) is 4.79 Å². The fraction of sp³-hybridized carbons (Fsp3) is 0.0789. The number of hydrogen-bond acceptors (Lipinski definition) is 3. The smallest absolute Gasteiger partial charge is 0.335 e. The van der Waals surface area contributed by atoms with Crippen LogP contribution in [0.3, 0.4) is 0 Å². The number of carbonyl (C=O) groups excluding carboxylic acids is 1. The van der Waals surface area contributed by atoms with E-state index in [0.717, 1.165) is 41.4 Å². The Morgan fingerprint density at radius 3 is 2.15 bits per heavy atom. The zero-order valence-corrected chi connectivity index (χ0v) is 22.9. The van der Waals surface area contributed by atoms with Crippen molar-refractivity contribution in [1.82, 2.24) is 0 Å². The Morgan fingerprint density at radius 1 is 0.780 bits per heavy atom. The van der Waals surface area contributed by atoms with Crippen LogP contribution in [-0.2, 0) is 17.6 Å². The van der Waals surface area contributed by atoms with Crippen molar-refractivity contribution in [3.05, 3.63) is 150 Å². The maximum absolute atomic E-state index is 11.5. The Hall–Kier alpha value is -5.15. The summed E-state index contributed by atoms with van der Waals surface area (Å²) in [5.74, 6) is 0.0362. The minimum absolute atomic E-state index is 0.464. The summed E-state index contributed by atoms with van der Waals surface area (Å²) in [7, 11) is 0. The van der Waals surface area contributed by atoms with Crippen molar-refractivity contribution in [2.24, 2.45) is 0 Å². The molecular formula is C38H29NO2. The van der Waals surface area contributed by atoms with Crippen LogP contribution >= 0.6 is 0 Å².